The molecular weight excluding hydrogens is 482 g/mol. The Morgan fingerprint density at radius 3 is 2.62 bits per heavy atom. The summed E-state index contributed by atoms with van der Waals surface area (Å²) in [7, 11) is 0. The molecule has 1 aliphatic rings. The first-order valence-corrected chi connectivity index (χ1v) is 14.3. The number of carbonyl (C=O) groups is 2. The first-order chi connectivity index (χ1) is 17.9. The molecule has 0 saturated heterocycles. The minimum Gasteiger partial charge on any atom is -0.468 e. The van der Waals surface area contributed by atoms with Crippen molar-refractivity contribution >= 4 is 23.2 Å². The Hall–Kier alpha value is -2.90. The monoisotopic (exact) mass is 521 g/mol. The van der Waals surface area contributed by atoms with Crippen molar-refractivity contribution in [3.05, 3.63) is 81.9 Å². The second-order valence-corrected chi connectivity index (χ2v) is 11.3. The number of carbonyl (C=O) groups excluding carboxylic acids is 2. The van der Waals surface area contributed by atoms with Gasteiger partial charge < -0.3 is 14.6 Å². The molecule has 0 radical (unpaired) electrons. The first kappa shape index (κ1) is 27.1. The van der Waals surface area contributed by atoms with Crippen LogP contribution in [0, 0.1) is 5.92 Å². The van der Waals surface area contributed by atoms with Gasteiger partial charge in [-0.1, -0.05) is 45.0 Å². The summed E-state index contributed by atoms with van der Waals surface area (Å²) in [4.78, 5) is 32.8. The van der Waals surface area contributed by atoms with Crippen LogP contribution in [0.15, 0.2) is 64.6 Å². The molecule has 0 fully saturated rings. The fraction of sp³-hybridized carbons (Fsp3) is 0.467. The van der Waals surface area contributed by atoms with Gasteiger partial charge in [-0.25, -0.2) is 0 Å². The predicted molar refractivity (Wildman–Crippen MR) is 149 cm³/mol. The van der Waals surface area contributed by atoms with Crippen molar-refractivity contribution in [2.75, 3.05) is 19.6 Å². The predicted octanol–water partition coefficient (Wildman–Crippen LogP) is 6.08. The summed E-state index contributed by atoms with van der Waals surface area (Å²) in [5.74, 6) is 0.792. The molecule has 0 saturated carbocycles. The van der Waals surface area contributed by atoms with Crippen LogP contribution < -0.4 is 5.32 Å². The maximum absolute atomic E-state index is 13.8. The summed E-state index contributed by atoms with van der Waals surface area (Å²) < 4.78 is 5.57. The Labute approximate surface area is 224 Å². The summed E-state index contributed by atoms with van der Waals surface area (Å²) >= 11 is 1.61. The largest absolute Gasteiger partial charge is 0.468 e. The third kappa shape index (κ3) is 6.33. The quantitative estimate of drug-likeness (QED) is 0.293. The number of hydrogen-bond acceptors (Lipinski definition) is 5. The maximum atomic E-state index is 13.8. The van der Waals surface area contributed by atoms with Gasteiger partial charge in [-0.3, -0.25) is 14.5 Å². The number of benzene rings is 1. The van der Waals surface area contributed by atoms with Crippen LogP contribution in [0.3, 0.4) is 0 Å². The molecule has 0 unspecified atom stereocenters. The van der Waals surface area contributed by atoms with E-state index in [1.54, 1.807) is 17.6 Å². The molecule has 3 atom stereocenters. The lowest BCUT2D eigenvalue weighted by Crippen LogP contribution is -2.48. The van der Waals surface area contributed by atoms with Crippen molar-refractivity contribution in [3.8, 4) is 0 Å². The van der Waals surface area contributed by atoms with E-state index in [0.29, 0.717) is 30.6 Å². The average Bonchev–Trinajstić information content (AvgIpc) is 3.61. The van der Waals surface area contributed by atoms with Gasteiger partial charge in [0.1, 0.15) is 5.76 Å². The van der Waals surface area contributed by atoms with Crippen molar-refractivity contribution in [1.29, 1.82) is 0 Å². The van der Waals surface area contributed by atoms with Crippen LogP contribution in [0.25, 0.3) is 0 Å². The maximum Gasteiger partial charge on any atom is 0.254 e. The van der Waals surface area contributed by atoms with Gasteiger partial charge >= 0.3 is 0 Å². The highest BCUT2D eigenvalue weighted by molar-refractivity contribution is 7.10. The SMILES string of the molecule is CC[C@H](C)N(CCCNC(=O)[C@H]1c2ccccc2C(=O)N(CC(C)C)[C@@H]1c1cccs1)Cc1ccco1. The lowest BCUT2D eigenvalue weighted by molar-refractivity contribution is -0.124. The molecule has 1 aromatic carbocycles. The Kier molecular flexibility index (Phi) is 9.22. The van der Waals surface area contributed by atoms with E-state index in [1.165, 1.54) is 0 Å². The van der Waals surface area contributed by atoms with Crippen molar-refractivity contribution < 1.29 is 14.0 Å². The van der Waals surface area contributed by atoms with Crippen LogP contribution in [0.4, 0.5) is 0 Å². The highest BCUT2D eigenvalue weighted by atomic mass is 32.1. The number of nitrogens with zero attached hydrogens (tertiary/aromatic N) is 2. The fourth-order valence-corrected chi connectivity index (χ4v) is 6.04. The van der Waals surface area contributed by atoms with Crippen molar-refractivity contribution in [3.63, 3.8) is 0 Å². The number of furan rings is 1. The molecule has 0 aliphatic carbocycles. The molecule has 3 heterocycles. The molecule has 0 spiro atoms. The number of fused-ring (bicyclic) bond motifs is 1. The first-order valence-electron chi connectivity index (χ1n) is 13.4. The highest BCUT2D eigenvalue weighted by Crippen LogP contribution is 2.44. The van der Waals surface area contributed by atoms with Crippen molar-refractivity contribution in [2.45, 2.75) is 65.1 Å². The molecule has 2 amide bonds. The van der Waals surface area contributed by atoms with E-state index in [2.05, 4.69) is 37.9 Å². The zero-order valence-electron chi connectivity index (χ0n) is 22.4. The van der Waals surface area contributed by atoms with Crippen LogP contribution in [0.5, 0.6) is 0 Å². The topological polar surface area (TPSA) is 65.8 Å². The molecule has 2 aromatic heterocycles. The van der Waals surface area contributed by atoms with Crippen LogP contribution in [0.2, 0.25) is 0 Å². The highest BCUT2D eigenvalue weighted by Gasteiger charge is 2.44. The van der Waals surface area contributed by atoms with Gasteiger partial charge in [0, 0.05) is 36.1 Å². The smallest absolute Gasteiger partial charge is 0.254 e. The molecule has 0 bridgehead atoms. The van der Waals surface area contributed by atoms with Gasteiger partial charge in [-0.05, 0) is 60.9 Å². The standard InChI is InChI=1S/C30H39N3O3S/c1-5-22(4)32(20-23-11-8-17-36-23)16-10-15-31-29(34)27-24-12-6-7-13-25(24)30(35)33(19-21(2)3)28(27)26-14-9-18-37-26/h6-9,11-14,17-18,21-22,27-28H,5,10,15-16,19-20H2,1-4H3,(H,31,34)/t22-,27-,28+/m0/s1. The summed E-state index contributed by atoms with van der Waals surface area (Å²) in [6, 6.07) is 15.7. The van der Waals surface area contributed by atoms with Crippen LogP contribution in [0.1, 0.15) is 79.1 Å². The summed E-state index contributed by atoms with van der Waals surface area (Å²) in [5, 5.41) is 5.24. The third-order valence-corrected chi connectivity index (χ3v) is 8.14. The average molecular weight is 522 g/mol. The number of hydrogen-bond donors (Lipinski definition) is 1. The van der Waals surface area contributed by atoms with Crippen LogP contribution in [-0.2, 0) is 11.3 Å². The van der Waals surface area contributed by atoms with E-state index in [0.717, 1.165) is 42.1 Å². The van der Waals surface area contributed by atoms with E-state index < -0.39 is 5.92 Å². The normalized spacial score (nSPS) is 18.3. The van der Waals surface area contributed by atoms with Gasteiger partial charge in [0.2, 0.25) is 5.91 Å². The molecule has 198 valence electrons. The summed E-state index contributed by atoms with van der Waals surface area (Å²) in [5.41, 5.74) is 1.46. The molecule has 37 heavy (non-hydrogen) atoms. The molecule has 6 nitrogen and oxygen atoms in total. The summed E-state index contributed by atoms with van der Waals surface area (Å²) in [6.07, 6.45) is 3.60. The number of amides is 2. The van der Waals surface area contributed by atoms with Crippen molar-refractivity contribution in [1.82, 2.24) is 15.1 Å². The Morgan fingerprint density at radius 2 is 1.95 bits per heavy atom. The van der Waals surface area contributed by atoms with Crippen molar-refractivity contribution in [2.24, 2.45) is 5.92 Å². The number of thiophene rings is 1. The van der Waals surface area contributed by atoms with E-state index in [1.807, 2.05) is 58.8 Å². The van der Waals surface area contributed by atoms with E-state index in [4.69, 9.17) is 4.42 Å². The van der Waals surface area contributed by atoms with Gasteiger partial charge in [0.25, 0.3) is 5.91 Å². The third-order valence-electron chi connectivity index (χ3n) is 7.19. The molecule has 4 rings (SSSR count). The van der Waals surface area contributed by atoms with Gasteiger partial charge in [0.05, 0.1) is 24.8 Å². The van der Waals surface area contributed by atoms with Gasteiger partial charge in [0.15, 0.2) is 0 Å². The summed E-state index contributed by atoms with van der Waals surface area (Å²) in [6.45, 7) is 11.5. The molecule has 1 N–H and O–H groups in total. The number of rotatable bonds is 12. The lowest BCUT2D eigenvalue weighted by Gasteiger charge is -2.42. The van der Waals surface area contributed by atoms with Crippen LogP contribution in [-0.4, -0.2) is 47.3 Å². The van der Waals surface area contributed by atoms with Gasteiger partial charge in [-0.2, -0.15) is 0 Å². The van der Waals surface area contributed by atoms with E-state index in [-0.39, 0.29) is 17.9 Å². The fourth-order valence-electron chi connectivity index (χ4n) is 5.17. The molecule has 7 heteroatoms. The number of nitrogens with one attached hydrogen (secondary N) is 1. The molecular formula is C30H39N3O3S. The second kappa shape index (κ2) is 12.6. The zero-order valence-corrected chi connectivity index (χ0v) is 23.2. The Bertz CT molecular complexity index is 1140. The molecule has 1 aliphatic heterocycles. The van der Waals surface area contributed by atoms with E-state index in [9.17, 15) is 9.59 Å². The van der Waals surface area contributed by atoms with E-state index >= 15 is 0 Å². The van der Waals surface area contributed by atoms with Crippen LogP contribution >= 0.6 is 11.3 Å². The minimum atomic E-state index is -0.444. The van der Waals surface area contributed by atoms with Gasteiger partial charge in [-0.15, -0.1) is 11.3 Å². The minimum absolute atomic E-state index is 0.00821. The Balaban J connectivity index is 1.51. The Morgan fingerprint density at radius 1 is 1.14 bits per heavy atom. The molecule has 3 aromatic rings. The lowest BCUT2D eigenvalue weighted by atomic mass is 9.81. The second-order valence-electron chi connectivity index (χ2n) is 10.3. The zero-order chi connectivity index (χ0) is 26.4.